The number of allylic oxidation sites excluding steroid dienone is 2. The number of methoxy groups -OCH3 is 1. The van der Waals surface area contributed by atoms with Crippen LogP contribution in [0.1, 0.15) is 90.9 Å². The maximum absolute atomic E-state index is 13.8. The monoisotopic (exact) mass is 477 g/mol. The first-order valence-electron chi connectivity index (χ1n) is 13.3. The van der Waals surface area contributed by atoms with E-state index >= 15 is 0 Å². The molecule has 0 radical (unpaired) electrons. The summed E-state index contributed by atoms with van der Waals surface area (Å²) in [6, 6.07) is 0.0315. The van der Waals surface area contributed by atoms with Crippen molar-refractivity contribution in [2.75, 3.05) is 7.11 Å². The van der Waals surface area contributed by atoms with Crippen molar-refractivity contribution in [3.05, 3.63) is 23.1 Å². The summed E-state index contributed by atoms with van der Waals surface area (Å²) in [4.78, 5) is 15.6. The van der Waals surface area contributed by atoms with Gasteiger partial charge in [0.15, 0.2) is 0 Å². The topological polar surface area (TPSA) is 63.7 Å². The summed E-state index contributed by atoms with van der Waals surface area (Å²) in [5, 5.41) is -0.672. The number of carbonyl (C=O) groups excluding carboxylic acids is 1. The molecule has 1 amide bonds. The van der Waals surface area contributed by atoms with Gasteiger partial charge in [0, 0.05) is 19.1 Å². The van der Waals surface area contributed by atoms with Gasteiger partial charge in [-0.1, -0.05) is 58.1 Å². The molecule has 5 nitrogen and oxygen atoms in total. The SMILES string of the molecule is COC1CCCCC1/C=C/C=C1/C(=O)N(C2CC(C)CC(C)C2)C(C2CCCCC2)S1(=O)=O. The lowest BCUT2D eigenvalue weighted by Crippen LogP contribution is -2.49. The Labute approximate surface area is 200 Å². The van der Waals surface area contributed by atoms with Crippen LogP contribution in [0.5, 0.6) is 0 Å². The van der Waals surface area contributed by atoms with Crippen molar-refractivity contribution < 1.29 is 17.9 Å². The van der Waals surface area contributed by atoms with E-state index in [1.807, 2.05) is 11.0 Å². The minimum absolute atomic E-state index is 0.0185. The molecule has 0 spiro atoms. The number of amides is 1. The van der Waals surface area contributed by atoms with Crippen LogP contribution >= 0.6 is 0 Å². The summed E-state index contributed by atoms with van der Waals surface area (Å²) in [7, 11) is -1.93. The Morgan fingerprint density at radius 1 is 0.909 bits per heavy atom. The van der Waals surface area contributed by atoms with Crippen LogP contribution in [0.25, 0.3) is 0 Å². The van der Waals surface area contributed by atoms with Crippen molar-refractivity contribution in [2.45, 2.75) is 108 Å². The lowest BCUT2D eigenvalue weighted by molar-refractivity contribution is -0.130. The number of nitrogens with zero attached hydrogens (tertiary/aromatic N) is 1. The standard InChI is InChI=1S/C27H43NO4S/c1-19-16-20(2)18-23(17-19)28-26(29)25(15-9-13-21-10-7-8-14-24(21)32-3)33(30,31)27(28)22-11-5-4-6-12-22/h9,13,15,19-24,27H,4-8,10-12,14,16-18H2,1-3H3/b13-9+,25-15-. The van der Waals surface area contributed by atoms with E-state index in [-0.39, 0.29) is 34.8 Å². The highest BCUT2D eigenvalue weighted by atomic mass is 32.2. The molecule has 4 fully saturated rings. The molecule has 4 rings (SSSR count). The van der Waals surface area contributed by atoms with E-state index in [0.717, 1.165) is 64.2 Å². The normalized spacial score (nSPS) is 39.5. The number of rotatable bonds is 5. The van der Waals surface area contributed by atoms with Gasteiger partial charge in [0.25, 0.3) is 5.91 Å². The lowest BCUT2D eigenvalue weighted by atomic mass is 9.79. The van der Waals surface area contributed by atoms with E-state index in [1.165, 1.54) is 12.8 Å². The lowest BCUT2D eigenvalue weighted by Gasteiger charge is -2.41. The fraction of sp³-hybridized carbons (Fsp3) is 0.815. The van der Waals surface area contributed by atoms with Crippen molar-refractivity contribution in [3.63, 3.8) is 0 Å². The molecule has 1 heterocycles. The van der Waals surface area contributed by atoms with Crippen molar-refractivity contribution in [1.82, 2.24) is 4.90 Å². The van der Waals surface area contributed by atoms with E-state index in [2.05, 4.69) is 19.9 Å². The van der Waals surface area contributed by atoms with Gasteiger partial charge in [-0.15, -0.1) is 0 Å². The number of hydrogen-bond acceptors (Lipinski definition) is 4. The first-order valence-corrected chi connectivity index (χ1v) is 14.9. The fourth-order valence-corrected chi connectivity index (χ4v) is 9.36. The Morgan fingerprint density at radius 2 is 1.55 bits per heavy atom. The number of ether oxygens (including phenoxy) is 1. The zero-order valence-electron chi connectivity index (χ0n) is 20.7. The molecular weight excluding hydrogens is 434 g/mol. The van der Waals surface area contributed by atoms with Gasteiger partial charge in [-0.25, -0.2) is 8.42 Å². The predicted molar refractivity (Wildman–Crippen MR) is 132 cm³/mol. The molecule has 4 aliphatic rings. The van der Waals surface area contributed by atoms with Gasteiger partial charge in [0.2, 0.25) is 9.84 Å². The van der Waals surface area contributed by atoms with Crippen molar-refractivity contribution in [2.24, 2.45) is 23.7 Å². The molecule has 0 N–H and O–H groups in total. The summed E-state index contributed by atoms with van der Waals surface area (Å²) in [6.45, 7) is 4.48. The molecule has 186 valence electrons. The van der Waals surface area contributed by atoms with Crippen LogP contribution < -0.4 is 0 Å². The Morgan fingerprint density at radius 3 is 2.21 bits per heavy atom. The van der Waals surface area contributed by atoms with Gasteiger partial charge in [0.05, 0.1) is 6.10 Å². The molecule has 3 saturated carbocycles. The third-order valence-corrected chi connectivity index (χ3v) is 10.8. The Kier molecular flexibility index (Phi) is 8.05. The van der Waals surface area contributed by atoms with Crippen LogP contribution in [0.3, 0.4) is 0 Å². The molecule has 0 aromatic carbocycles. The summed E-state index contributed by atoms with van der Waals surface area (Å²) in [5.74, 6) is 1.13. The third-order valence-electron chi connectivity index (χ3n) is 8.61. The minimum atomic E-state index is -3.68. The molecule has 3 aliphatic carbocycles. The molecule has 0 aromatic heterocycles. The van der Waals surface area contributed by atoms with Crippen LogP contribution in [0, 0.1) is 23.7 Å². The number of sulfone groups is 1. The molecule has 0 aromatic rings. The first-order chi connectivity index (χ1) is 15.8. The van der Waals surface area contributed by atoms with E-state index in [0.29, 0.717) is 11.8 Å². The van der Waals surface area contributed by atoms with Gasteiger partial charge in [0.1, 0.15) is 10.3 Å². The van der Waals surface area contributed by atoms with Crippen LogP contribution in [0.15, 0.2) is 23.1 Å². The summed E-state index contributed by atoms with van der Waals surface area (Å²) >= 11 is 0. The van der Waals surface area contributed by atoms with Crippen LogP contribution in [0.2, 0.25) is 0 Å². The molecule has 0 bridgehead atoms. The minimum Gasteiger partial charge on any atom is -0.381 e. The Hall–Kier alpha value is -1.14. The third kappa shape index (κ3) is 5.27. The van der Waals surface area contributed by atoms with E-state index in [9.17, 15) is 13.2 Å². The Balaban J connectivity index is 1.64. The fourth-order valence-electron chi connectivity index (χ4n) is 7.14. The average molecular weight is 478 g/mol. The highest BCUT2D eigenvalue weighted by molar-refractivity contribution is 7.97. The molecule has 1 aliphatic heterocycles. The zero-order chi connectivity index (χ0) is 23.6. The average Bonchev–Trinajstić information content (AvgIpc) is 2.99. The zero-order valence-corrected chi connectivity index (χ0v) is 21.6. The van der Waals surface area contributed by atoms with Crippen molar-refractivity contribution in [3.8, 4) is 0 Å². The summed E-state index contributed by atoms with van der Waals surface area (Å²) < 4.78 is 33.3. The number of carbonyl (C=O) groups is 1. The van der Waals surface area contributed by atoms with E-state index < -0.39 is 15.2 Å². The maximum Gasteiger partial charge on any atom is 0.266 e. The molecule has 33 heavy (non-hydrogen) atoms. The number of hydrogen-bond donors (Lipinski definition) is 0. The molecule has 6 heteroatoms. The first kappa shape index (κ1) is 25.0. The molecule has 5 unspecified atom stereocenters. The van der Waals surface area contributed by atoms with Crippen molar-refractivity contribution >= 4 is 15.7 Å². The van der Waals surface area contributed by atoms with Gasteiger partial charge in [-0.3, -0.25) is 4.79 Å². The quantitative estimate of drug-likeness (QED) is 0.482. The highest BCUT2D eigenvalue weighted by Gasteiger charge is 2.54. The van der Waals surface area contributed by atoms with E-state index in [1.54, 1.807) is 13.2 Å². The highest BCUT2D eigenvalue weighted by Crippen LogP contribution is 2.44. The van der Waals surface area contributed by atoms with Gasteiger partial charge in [-0.05, 0) is 68.8 Å². The Bertz CT molecular complexity index is 847. The van der Waals surface area contributed by atoms with Gasteiger partial charge in [-0.2, -0.15) is 0 Å². The predicted octanol–water partition coefficient (Wildman–Crippen LogP) is 5.62. The van der Waals surface area contributed by atoms with E-state index in [4.69, 9.17) is 4.74 Å². The summed E-state index contributed by atoms with van der Waals surface area (Å²) in [5.41, 5.74) is 0. The van der Waals surface area contributed by atoms with Gasteiger partial charge < -0.3 is 9.64 Å². The smallest absolute Gasteiger partial charge is 0.266 e. The second-order valence-electron chi connectivity index (χ2n) is 11.3. The molecule has 1 saturated heterocycles. The largest absolute Gasteiger partial charge is 0.381 e. The second-order valence-corrected chi connectivity index (χ2v) is 13.3. The van der Waals surface area contributed by atoms with Crippen LogP contribution in [0.4, 0.5) is 0 Å². The molecular formula is C27H43NO4S. The second kappa shape index (κ2) is 10.6. The van der Waals surface area contributed by atoms with Crippen LogP contribution in [-0.4, -0.2) is 43.9 Å². The summed E-state index contributed by atoms with van der Waals surface area (Å²) in [6.07, 6.45) is 18.2. The molecule has 5 atom stereocenters. The van der Waals surface area contributed by atoms with Crippen molar-refractivity contribution in [1.29, 1.82) is 0 Å². The van der Waals surface area contributed by atoms with Gasteiger partial charge >= 0.3 is 0 Å². The van der Waals surface area contributed by atoms with Crippen LogP contribution in [-0.2, 0) is 19.4 Å². The maximum atomic E-state index is 13.8.